The largest absolute Gasteiger partial charge is 0.499 e. The van der Waals surface area contributed by atoms with E-state index in [-0.39, 0.29) is 11.7 Å². The van der Waals surface area contributed by atoms with Gasteiger partial charge in [0.1, 0.15) is 5.75 Å². The molecule has 0 amide bonds. The molecule has 0 aromatic heterocycles. The molecule has 3 nitrogen and oxygen atoms in total. The molecule has 0 radical (unpaired) electrons. The third-order valence-corrected chi connectivity index (χ3v) is 5.43. The predicted octanol–water partition coefficient (Wildman–Crippen LogP) is 4.67. The molecule has 144 valence electrons. The van der Waals surface area contributed by atoms with Crippen LogP contribution in [0.5, 0.6) is 5.75 Å². The van der Waals surface area contributed by atoms with Crippen molar-refractivity contribution < 1.29 is 31.5 Å². The van der Waals surface area contributed by atoms with E-state index in [1.165, 1.54) is 12.1 Å². The normalized spacial score (nSPS) is 27.2. The molecule has 2 atom stereocenters. The summed E-state index contributed by atoms with van der Waals surface area (Å²) in [5.41, 5.74) is 0.306. The van der Waals surface area contributed by atoms with Gasteiger partial charge in [-0.25, -0.2) is 0 Å². The molecule has 2 saturated heterocycles. The minimum atomic E-state index is -5.80. The van der Waals surface area contributed by atoms with Crippen molar-refractivity contribution in [3.05, 3.63) is 29.8 Å². The first-order valence-corrected chi connectivity index (χ1v) is 8.58. The maximum Gasteiger partial charge on any atom is 0.499 e. The molecule has 0 saturated carbocycles. The van der Waals surface area contributed by atoms with Crippen molar-refractivity contribution >= 4 is 5.78 Å². The molecule has 2 unspecified atom stereocenters. The number of benzene rings is 1. The van der Waals surface area contributed by atoms with Crippen LogP contribution >= 0.6 is 0 Å². The Kier molecular flexibility index (Phi) is 4.98. The highest BCUT2D eigenvalue weighted by Gasteiger charge is 2.61. The van der Waals surface area contributed by atoms with Crippen LogP contribution < -0.4 is 4.74 Å². The number of carbonyl (C=O) groups excluding carboxylic acids is 1. The van der Waals surface area contributed by atoms with Crippen molar-refractivity contribution in [1.82, 2.24) is 4.90 Å². The highest BCUT2D eigenvalue weighted by molar-refractivity contribution is 5.98. The lowest BCUT2D eigenvalue weighted by Gasteiger charge is -2.46. The number of ketones is 1. The summed E-state index contributed by atoms with van der Waals surface area (Å²) in [7, 11) is 2.07. The molecule has 3 rings (SSSR count). The number of Topliss-reactive ketones (excluding diaryl/α,β-unsaturated/α-hetero) is 1. The minimum Gasteiger partial charge on any atom is -0.426 e. The average Bonchev–Trinajstić information content (AvgIpc) is 2.53. The molecule has 2 bridgehead atoms. The second-order valence-corrected chi connectivity index (χ2v) is 7.08. The number of fused-ring (bicyclic) bond motifs is 2. The summed E-state index contributed by atoms with van der Waals surface area (Å²) in [6.07, 6.45) is -6.32. The van der Waals surface area contributed by atoms with E-state index in [1.807, 2.05) is 0 Å². The molecule has 2 fully saturated rings. The van der Waals surface area contributed by atoms with Crippen molar-refractivity contribution in [3.8, 4) is 5.75 Å². The fourth-order valence-electron chi connectivity index (χ4n) is 3.96. The van der Waals surface area contributed by atoms with Crippen molar-refractivity contribution in [1.29, 1.82) is 0 Å². The zero-order chi connectivity index (χ0) is 19.1. The van der Waals surface area contributed by atoms with Gasteiger partial charge >= 0.3 is 12.3 Å². The summed E-state index contributed by atoms with van der Waals surface area (Å²) >= 11 is 0. The van der Waals surface area contributed by atoms with E-state index in [0.717, 1.165) is 44.2 Å². The molecule has 2 heterocycles. The first kappa shape index (κ1) is 19.1. The van der Waals surface area contributed by atoms with E-state index in [1.54, 1.807) is 0 Å². The van der Waals surface area contributed by atoms with Crippen molar-refractivity contribution in [2.75, 3.05) is 7.05 Å². The Hall–Kier alpha value is -1.70. The summed E-state index contributed by atoms with van der Waals surface area (Å²) in [5, 5.41) is 0. The van der Waals surface area contributed by atoms with Gasteiger partial charge in [-0.2, -0.15) is 22.0 Å². The standard InChI is InChI=1S/C18H20F5NO2/c1-24-13-3-2-4-14(24)10-12(9-13)16(25)11-5-7-15(8-6-11)26-18(22,23)17(19,20)21/h5-8,12-14H,2-4,9-10H2,1H3. The zero-order valence-electron chi connectivity index (χ0n) is 14.2. The maximum atomic E-state index is 12.9. The van der Waals surface area contributed by atoms with E-state index in [4.69, 9.17) is 0 Å². The fraction of sp³-hybridized carbons (Fsp3) is 0.611. The van der Waals surface area contributed by atoms with Gasteiger partial charge in [0.2, 0.25) is 0 Å². The van der Waals surface area contributed by atoms with Crippen molar-refractivity contribution in [3.63, 3.8) is 0 Å². The van der Waals surface area contributed by atoms with Gasteiger partial charge in [0.05, 0.1) is 0 Å². The van der Waals surface area contributed by atoms with Crippen LogP contribution in [0.3, 0.4) is 0 Å². The van der Waals surface area contributed by atoms with Gasteiger partial charge in [-0.1, -0.05) is 6.42 Å². The Morgan fingerprint density at radius 1 is 1.04 bits per heavy atom. The van der Waals surface area contributed by atoms with E-state index < -0.39 is 18.0 Å². The molecule has 0 spiro atoms. The summed E-state index contributed by atoms with van der Waals surface area (Å²) < 4.78 is 66.1. The molecule has 1 aromatic carbocycles. The molecule has 0 aliphatic carbocycles. The van der Waals surface area contributed by atoms with Gasteiger partial charge in [-0.15, -0.1) is 0 Å². The third-order valence-electron chi connectivity index (χ3n) is 5.43. The Balaban J connectivity index is 1.68. The lowest BCUT2D eigenvalue weighted by atomic mass is 9.76. The van der Waals surface area contributed by atoms with Gasteiger partial charge in [0, 0.05) is 23.6 Å². The number of hydrogen-bond donors (Lipinski definition) is 0. The third kappa shape index (κ3) is 3.70. The van der Waals surface area contributed by atoms with Crippen LogP contribution in [0.1, 0.15) is 42.5 Å². The monoisotopic (exact) mass is 377 g/mol. The van der Waals surface area contributed by atoms with Crippen molar-refractivity contribution in [2.24, 2.45) is 5.92 Å². The van der Waals surface area contributed by atoms with Crippen LogP contribution in [-0.2, 0) is 0 Å². The zero-order valence-corrected chi connectivity index (χ0v) is 14.2. The molecular formula is C18H20F5NO2. The summed E-state index contributed by atoms with van der Waals surface area (Å²) in [4.78, 5) is 15.0. The van der Waals surface area contributed by atoms with Crippen LogP contribution in [0.15, 0.2) is 24.3 Å². The highest BCUT2D eigenvalue weighted by Crippen LogP contribution is 2.39. The van der Waals surface area contributed by atoms with Crippen LogP contribution in [-0.4, -0.2) is 42.1 Å². The molecular weight excluding hydrogens is 357 g/mol. The predicted molar refractivity (Wildman–Crippen MR) is 84.3 cm³/mol. The molecule has 2 aliphatic rings. The second-order valence-electron chi connectivity index (χ2n) is 7.08. The minimum absolute atomic E-state index is 0.0934. The number of rotatable bonds is 4. The van der Waals surface area contributed by atoms with E-state index >= 15 is 0 Å². The van der Waals surface area contributed by atoms with E-state index in [9.17, 15) is 26.7 Å². The van der Waals surface area contributed by atoms with E-state index in [2.05, 4.69) is 16.7 Å². The van der Waals surface area contributed by atoms with Gasteiger partial charge in [-0.05, 0) is 57.0 Å². The Morgan fingerprint density at radius 2 is 1.58 bits per heavy atom. The molecule has 1 aromatic rings. The number of hydrogen-bond acceptors (Lipinski definition) is 3. The molecule has 26 heavy (non-hydrogen) atoms. The first-order chi connectivity index (χ1) is 12.1. The number of piperidine rings is 2. The van der Waals surface area contributed by atoms with Gasteiger partial charge in [0.25, 0.3) is 0 Å². The number of ether oxygens (including phenoxy) is 1. The lowest BCUT2D eigenvalue weighted by molar-refractivity contribution is -0.360. The van der Waals surface area contributed by atoms with Crippen LogP contribution in [0.2, 0.25) is 0 Å². The lowest BCUT2D eigenvalue weighted by Crippen LogP contribution is -2.51. The van der Waals surface area contributed by atoms with Crippen LogP contribution in [0.4, 0.5) is 22.0 Å². The summed E-state index contributed by atoms with van der Waals surface area (Å²) in [5.74, 6) is -0.877. The van der Waals surface area contributed by atoms with Crippen LogP contribution in [0, 0.1) is 5.92 Å². The van der Waals surface area contributed by atoms with Gasteiger partial charge in [0.15, 0.2) is 5.78 Å². The first-order valence-electron chi connectivity index (χ1n) is 8.58. The maximum absolute atomic E-state index is 12.9. The number of nitrogens with zero attached hydrogens (tertiary/aromatic N) is 1. The number of halogens is 5. The van der Waals surface area contributed by atoms with Gasteiger partial charge in [-0.3, -0.25) is 4.79 Å². The smallest absolute Gasteiger partial charge is 0.426 e. The topological polar surface area (TPSA) is 29.5 Å². The molecule has 2 aliphatic heterocycles. The Labute approximate surface area is 148 Å². The second kappa shape index (κ2) is 6.79. The molecule has 8 heteroatoms. The summed E-state index contributed by atoms with van der Waals surface area (Å²) in [6, 6.07) is 5.18. The van der Waals surface area contributed by atoms with Crippen LogP contribution in [0.25, 0.3) is 0 Å². The Morgan fingerprint density at radius 3 is 2.08 bits per heavy atom. The van der Waals surface area contributed by atoms with E-state index in [0.29, 0.717) is 17.6 Å². The highest BCUT2D eigenvalue weighted by atomic mass is 19.4. The SMILES string of the molecule is CN1C2CCCC1CC(C(=O)c1ccc(OC(F)(F)C(F)(F)F)cc1)C2. The number of carbonyl (C=O) groups is 1. The Bertz CT molecular complexity index is 645. The average molecular weight is 377 g/mol. The molecule has 0 N–H and O–H groups in total. The van der Waals surface area contributed by atoms with Crippen molar-refractivity contribution in [2.45, 2.75) is 56.5 Å². The quantitative estimate of drug-likeness (QED) is 0.564. The summed E-state index contributed by atoms with van der Waals surface area (Å²) in [6.45, 7) is 0. The number of alkyl halides is 5. The fourth-order valence-corrected chi connectivity index (χ4v) is 3.96. The van der Waals surface area contributed by atoms with Gasteiger partial charge < -0.3 is 9.64 Å².